The lowest BCUT2D eigenvalue weighted by Gasteiger charge is -2.40. The Bertz CT molecular complexity index is 1160. The fraction of sp³-hybridized carbons (Fsp3) is 0.217. The molecule has 0 fully saturated rings. The number of hydrogen-bond acceptors (Lipinski definition) is 4. The summed E-state index contributed by atoms with van der Waals surface area (Å²) in [6, 6.07) is 14.0. The molecule has 2 aromatic carbocycles. The summed E-state index contributed by atoms with van der Waals surface area (Å²) in [6.07, 6.45) is -3.33. The molecule has 0 aromatic heterocycles. The van der Waals surface area contributed by atoms with Gasteiger partial charge in [0, 0.05) is 17.7 Å². The van der Waals surface area contributed by atoms with E-state index in [2.05, 4.69) is 6.07 Å². The summed E-state index contributed by atoms with van der Waals surface area (Å²) in [4.78, 5) is 14.3. The van der Waals surface area contributed by atoms with Crippen molar-refractivity contribution in [1.29, 1.82) is 5.26 Å². The average molecular weight is 444 g/mol. The van der Waals surface area contributed by atoms with Crippen LogP contribution in [-0.4, -0.2) is 5.78 Å². The standard InChI is InChI=1S/C23H17ClF3N3O/c24-16-10-9-14(23(25,26)27)11-18(16)30-17-7-4-8-19(31)21(17)20(15(12-28)22(30)29)13-5-2-1-3-6-13/h1-3,5-6,9-11,20H,4,7-8,29H2/t20-/m0/s1. The summed E-state index contributed by atoms with van der Waals surface area (Å²) in [5.41, 5.74) is 7.17. The topological polar surface area (TPSA) is 70.1 Å². The Labute approximate surface area is 182 Å². The maximum Gasteiger partial charge on any atom is 0.416 e. The monoisotopic (exact) mass is 443 g/mol. The normalized spacial score (nSPS) is 19.4. The number of nitriles is 1. The van der Waals surface area contributed by atoms with Gasteiger partial charge in [-0.2, -0.15) is 18.4 Å². The molecule has 31 heavy (non-hydrogen) atoms. The van der Waals surface area contributed by atoms with Gasteiger partial charge in [-0.25, -0.2) is 0 Å². The SMILES string of the molecule is N#CC1=C(N)N(c2cc(C(F)(F)F)ccc2Cl)C2=C(C(=O)CCC2)[C@H]1c1ccccc1. The number of rotatable bonds is 2. The highest BCUT2D eigenvalue weighted by molar-refractivity contribution is 6.33. The van der Waals surface area contributed by atoms with Gasteiger partial charge in [0.05, 0.1) is 33.8 Å². The molecule has 8 heteroatoms. The number of anilines is 1. The van der Waals surface area contributed by atoms with Gasteiger partial charge in [-0.3, -0.25) is 9.69 Å². The van der Waals surface area contributed by atoms with Crippen LogP contribution in [0.25, 0.3) is 0 Å². The van der Waals surface area contributed by atoms with E-state index in [1.807, 2.05) is 6.07 Å². The summed E-state index contributed by atoms with van der Waals surface area (Å²) < 4.78 is 40.1. The Morgan fingerprint density at radius 1 is 1.13 bits per heavy atom. The van der Waals surface area contributed by atoms with Crippen LogP contribution >= 0.6 is 11.6 Å². The second-order valence-corrected chi connectivity index (χ2v) is 7.80. The quantitative estimate of drug-likeness (QED) is 0.649. The summed E-state index contributed by atoms with van der Waals surface area (Å²) in [5, 5.41) is 9.96. The fourth-order valence-corrected chi connectivity index (χ4v) is 4.40. The molecule has 2 aliphatic rings. The van der Waals surface area contributed by atoms with E-state index in [4.69, 9.17) is 17.3 Å². The maximum absolute atomic E-state index is 13.4. The molecule has 2 N–H and O–H groups in total. The summed E-state index contributed by atoms with van der Waals surface area (Å²) >= 11 is 6.28. The highest BCUT2D eigenvalue weighted by Gasteiger charge is 2.41. The van der Waals surface area contributed by atoms with E-state index in [-0.39, 0.29) is 27.9 Å². The number of halogens is 4. The minimum Gasteiger partial charge on any atom is -0.384 e. The van der Waals surface area contributed by atoms with Crippen molar-refractivity contribution in [3.8, 4) is 6.07 Å². The molecule has 0 saturated carbocycles. The zero-order valence-corrected chi connectivity index (χ0v) is 17.0. The number of allylic oxidation sites excluding steroid dienone is 3. The van der Waals surface area contributed by atoms with Crippen molar-refractivity contribution in [3.63, 3.8) is 0 Å². The Balaban J connectivity index is 1.99. The van der Waals surface area contributed by atoms with Crippen molar-refractivity contribution in [2.24, 2.45) is 5.73 Å². The van der Waals surface area contributed by atoms with Crippen LogP contribution in [-0.2, 0) is 11.0 Å². The second-order valence-electron chi connectivity index (χ2n) is 7.39. The number of Topliss-reactive ketones (excluding diaryl/α,β-unsaturated/α-hetero) is 1. The Hall–Kier alpha value is -3.24. The van der Waals surface area contributed by atoms with E-state index < -0.39 is 17.7 Å². The van der Waals surface area contributed by atoms with Crippen LogP contribution in [0.2, 0.25) is 5.02 Å². The lowest BCUT2D eigenvalue weighted by molar-refractivity contribution is -0.137. The third-order valence-electron chi connectivity index (χ3n) is 5.56. The molecule has 0 radical (unpaired) electrons. The highest BCUT2D eigenvalue weighted by atomic mass is 35.5. The minimum absolute atomic E-state index is 0.00421. The first-order valence-corrected chi connectivity index (χ1v) is 9.99. The number of ketones is 1. The van der Waals surface area contributed by atoms with Gasteiger partial charge in [0.1, 0.15) is 5.82 Å². The van der Waals surface area contributed by atoms with Gasteiger partial charge in [0.15, 0.2) is 5.78 Å². The van der Waals surface area contributed by atoms with Crippen LogP contribution in [0.1, 0.15) is 36.3 Å². The lowest BCUT2D eigenvalue weighted by atomic mass is 9.75. The van der Waals surface area contributed by atoms with E-state index in [0.717, 1.165) is 23.8 Å². The Morgan fingerprint density at radius 3 is 2.48 bits per heavy atom. The summed E-state index contributed by atoms with van der Waals surface area (Å²) in [7, 11) is 0. The summed E-state index contributed by atoms with van der Waals surface area (Å²) in [5.74, 6) is -0.843. The Kier molecular flexibility index (Phi) is 5.28. The number of alkyl halides is 3. The largest absolute Gasteiger partial charge is 0.416 e. The molecule has 0 amide bonds. The highest BCUT2D eigenvalue weighted by Crippen LogP contribution is 2.48. The third kappa shape index (κ3) is 3.57. The van der Waals surface area contributed by atoms with Crippen molar-refractivity contribution in [1.82, 2.24) is 0 Å². The molecule has 1 atom stereocenters. The number of nitrogens with two attached hydrogens (primary N) is 1. The van der Waals surface area contributed by atoms with E-state index >= 15 is 0 Å². The minimum atomic E-state index is -4.59. The molecular formula is C23H17ClF3N3O. The van der Waals surface area contributed by atoms with E-state index in [1.54, 1.807) is 24.3 Å². The molecule has 1 aliphatic heterocycles. The number of nitrogens with zero attached hydrogens (tertiary/aromatic N) is 2. The molecule has 0 unspecified atom stereocenters. The van der Waals surface area contributed by atoms with Crippen LogP contribution < -0.4 is 10.6 Å². The van der Waals surface area contributed by atoms with Crippen LogP contribution in [0.4, 0.5) is 18.9 Å². The van der Waals surface area contributed by atoms with Crippen molar-refractivity contribution >= 4 is 23.1 Å². The fourth-order valence-electron chi connectivity index (χ4n) is 4.20. The lowest BCUT2D eigenvalue weighted by Crippen LogP contribution is -2.39. The molecule has 4 nitrogen and oxygen atoms in total. The number of carbonyl (C=O) groups is 1. The first-order valence-electron chi connectivity index (χ1n) is 9.62. The second kappa shape index (κ2) is 7.78. The maximum atomic E-state index is 13.4. The number of benzene rings is 2. The van der Waals surface area contributed by atoms with E-state index in [0.29, 0.717) is 30.5 Å². The van der Waals surface area contributed by atoms with Gasteiger partial charge >= 0.3 is 6.18 Å². The molecule has 1 heterocycles. The third-order valence-corrected chi connectivity index (χ3v) is 5.88. The van der Waals surface area contributed by atoms with Gasteiger partial charge in [-0.15, -0.1) is 0 Å². The molecule has 4 rings (SSSR count). The predicted octanol–water partition coefficient (Wildman–Crippen LogP) is 5.66. The van der Waals surface area contributed by atoms with Crippen molar-refractivity contribution in [2.75, 3.05) is 4.90 Å². The van der Waals surface area contributed by atoms with Gasteiger partial charge in [0.2, 0.25) is 0 Å². The van der Waals surface area contributed by atoms with Crippen LogP contribution in [0.3, 0.4) is 0 Å². The van der Waals surface area contributed by atoms with Gasteiger partial charge < -0.3 is 5.73 Å². The zero-order valence-electron chi connectivity index (χ0n) is 16.2. The van der Waals surface area contributed by atoms with Crippen molar-refractivity contribution in [3.05, 3.63) is 87.3 Å². The van der Waals surface area contributed by atoms with Gasteiger partial charge in [0.25, 0.3) is 0 Å². The first-order chi connectivity index (χ1) is 14.7. The number of carbonyl (C=O) groups excluding carboxylic acids is 1. The van der Waals surface area contributed by atoms with Crippen LogP contribution in [0.5, 0.6) is 0 Å². The van der Waals surface area contributed by atoms with Crippen LogP contribution in [0, 0.1) is 11.3 Å². The van der Waals surface area contributed by atoms with Crippen molar-refractivity contribution in [2.45, 2.75) is 31.4 Å². The van der Waals surface area contributed by atoms with Gasteiger partial charge in [-0.1, -0.05) is 41.9 Å². The van der Waals surface area contributed by atoms with Crippen molar-refractivity contribution < 1.29 is 18.0 Å². The van der Waals surface area contributed by atoms with E-state index in [9.17, 15) is 23.2 Å². The van der Waals surface area contributed by atoms with E-state index in [1.165, 1.54) is 4.90 Å². The smallest absolute Gasteiger partial charge is 0.384 e. The molecule has 0 saturated heterocycles. The molecule has 0 bridgehead atoms. The predicted molar refractivity (Wildman–Crippen MR) is 111 cm³/mol. The van der Waals surface area contributed by atoms with Crippen LogP contribution in [0.15, 0.2) is 71.2 Å². The number of hydrogen-bond donors (Lipinski definition) is 1. The molecule has 0 spiro atoms. The average Bonchev–Trinajstić information content (AvgIpc) is 2.74. The van der Waals surface area contributed by atoms with Gasteiger partial charge in [-0.05, 0) is 36.6 Å². The summed E-state index contributed by atoms with van der Waals surface area (Å²) in [6.45, 7) is 0. The first kappa shape index (κ1) is 21.0. The molecular weight excluding hydrogens is 427 g/mol. The molecule has 158 valence electrons. The zero-order chi connectivity index (χ0) is 22.3. The molecule has 1 aliphatic carbocycles. The molecule has 2 aromatic rings. The Morgan fingerprint density at radius 2 is 1.84 bits per heavy atom.